The van der Waals surface area contributed by atoms with Gasteiger partial charge >= 0.3 is 25.8 Å². The Morgan fingerprint density at radius 2 is 0.854 bits per heavy atom. The van der Waals surface area contributed by atoms with Gasteiger partial charge in [-0.3, -0.25) is 0 Å². The molecule has 6 aromatic carbocycles. The van der Waals surface area contributed by atoms with Crippen LogP contribution in [0.4, 0.5) is 0 Å². The van der Waals surface area contributed by atoms with Gasteiger partial charge in [-0.25, -0.2) is 0 Å². The number of hydrogen-bond donors (Lipinski definition) is 0. The largest absolute Gasteiger partial charge is 4.00 e. The van der Waals surface area contributed by atoms with E-state index in [4.69, 9.17) is 0 Å². The first-order valence-corrected chi connectivity index (χ1v) is 19.8. The summed E-state index contributed by atoms with van der Waals surface area (Å²) in [5.41, 5.74) is 11.0. The van der Waals surface area contributed by atoms with Crippen LogP contribution in [0.2, 0.25) is 12.1 Å². The molecule has 0 aliphatic carbocycles. The molecule has 0 heterocycles. The van der Waals surface area contributed by atoms with Crippen LogP contribution in [0.25, 0.3) is 43.8 Å². The van der Waals surface area contributed by atoms with Gasteiger partial charge in [0.15, 0.2) is 0 Å². The molecule has 0 fully saturated rings. The number of rotatable bonds is 12. The SMILES string of the molecule is CCCCC[Si](CCCCC)(c1cc2c(-c3c(C)cccc3C)cccc2[cH-]1)c1cc2c(-c3c(C)cccc3C)cccc2[cH-]1.[CH3-].[CH3-].[Hf+4]. The van der Waals surface area contributed by atoms with E-state index in [-0.39, 0.29) is 40.7 Å². The molecule has 0 unspecified atom stereocenters. The predicted octanol–water partition coefficient (Wildman–Crippen LogP) is 12.8. The summed E-state index contributed by atoms with van der Waals surface area (Å²) in [5.74, 6) is 0. The van der Waals surface area contributed by atoms with Gasteiger partial charge in [0.1, 0.15) is 0 Å². The fourth-order valence-electron chi connectivity index (χ4n) is 8.16. The molecule has 0 aliphatic rings. The number of aryl methyl sites for hydroxylation is 4. The van der Waals surface area contributed by atoms with Crippen molar-refractivity contribution in [2.45, 2.75) is 92.2 Å². The average Bonchev–Trinajstić information content (AvgIpc) is 3.67. The van der Waals surface area contributed by atoms with E-state index in [1.165, 1.54) is 117 Å². The van der Waals surface area contributed by atoms with Crippen LogP contribution in [-0.2, 0) is 25.8 Å². The van der Waals surface area contributed by atoms with E-state index in [2.05, 4.69) is 139 Å². The van der Waals surface area contributed by atoms with Gasteiger partial charge < -0.3 is 14.9 Å². The molecule has 0 amide bonds. The second kappa shape index (κ2) is 17.2. The van der Waals surface area contributed by atoms with Crippen LogP contribution in [0.15, 0.2) is 97.1 Å². The van der Waals surface area contributed by atoms with E-state index in [0.29, 0.717) is 0 Å². The molecule has 0 N–H and O–H groups in total. The summed E-state index contributed by atoms with van der Waals surface area (Å²) in [6, 6.07) is 40.6. The predicted molar refractivity (Wildman–Crippen MR) is 215 cm³/mol. The summed E-state index contributed by atoms with van der Waals surface area (Å²) in [7, 11) is -2.09. The third-order valence-corrected chi connectivity index (χ3v) is 15.7. The molecule has 0 bridgehead atoms. The maximum atomic E-state index is 2.64. The van der Waals surface area contributed by atoms with Crippen LogP contribution >= 0.6 is 0 Å². The van der Waals surface area contributed by atoms with Gasteiger partial charge in [0.2, 0.25) is 0 Å². The average molecular weight is 816 g/mol. The van der Waals surface area contributed by atoms with Crippen LogP contribution in [0, 0.1) is 42.5 Å². The van der Waals surface area contributed by atoms with Crippen LogP contribution in [-0.4, -0.2) is 8.07 Å². The summed E-state index contributed by atoms with van der Waals surface area (Å²) in [6.45, 7) is 13.8. The van der Waals surface area contributed by atoms with Crippen LogP contribution in [0.3, 0.4) is 0 Å². The molecule has 0 spiro atoms. The second-order valence-electron chi connectivity index (χ2n) is 13.6. The fourth-order valence-corrected chi connectivity index (χ4v) is 13.3. The molecule has 0 aliphatic heterocycles. The summed E-state index contributed by atoms with van der Waals surface area (Å²) in [5, 5.41) is 8.96. The molecule has 2 heteroatoms. The zero-order valence-corrected chi connectivity index (χ0v) is 35.5. The van der Waals surface area contributed by atoms with Crippen molar-refractivity contribution < 1.29 is 25.8 Å². The normalized spacial score (nSPS) is 11.3. The van der Waals surface area contributed by atoms with E-state index in [1.54, 1.807) is 10.4 Å². The monoisotopic (exact) mass is 816 g/mol. The van der Waals surface area contributed by atoms with Crippen molar-refractivity contribution in [2.24, 2.45) is 0 Å². The maximum Gasteiger partial charge on any atom is 4.00 e. The summed E-state index contributed by atoms with van der Waals surface area (Å²) >= 11 is 0. The Balaban J connectivity index is 0.00000208. The first kappa shape index (κ1) is 39.6. The Hall–Kier alpha value is -2.81. The van der Waals surface area contributed by atoms with E-state index in [0.717, 1.165) is 0 Å². The fraction of sp³-hybridized carbons (Fsp3) is 0.304. The topological polar surface area (TPSA) is 0 Å². The Morgan fingerprint density at radius 3 is 1.21 bits per heavy atom. The maximum absolute atomic E-state index is 2.64. The Bertz CT molecular complexity index is 1750. The molecular formula is C46H56HfSi. The molecule has 0 saturated carbocycles. The van der Waals surface area contributed by atoms with Gasteiger partial charge in [-0.05, 0) is 61.1 Å². The zero-order chi connectivity index (χ0) is 31.6. The Labute approximate surface area is 312 Å². The quantitative estimate of drug-likeness (QED) is 0.0656. The summed E-state index contributed by atoms with van der Waals surface area (Å²) in [6.07, 6.45) is 7.77. The van der Waals surface area contributed by atoms with E-state index < -0.39 is 8.07 Å². The van der Waals surface area contributed by atoms with Crippen molar-refractivity contribution in [1.29, 1.82) is 0 Å². The number of fused-ring (bicyclic) bond motifs is 2. The third kappa shape index (κ3) is 7.51. The molecular weight excluding hydrogens is 759 g/mol. The number of hydrogen-bond acceptors (Lipinski definition) is 0. The summed E-state index contributed by atoms with van der Waals surface area (Å²) in [4.78, 5) is 0. The van der Waals surface area contributed by atoms with E-state index in [9.17, 15) is 0 Å². The van der Waals surface area contributed by atoms with Gasteiger partial charge in [0.25, 0.3) is 0 Å². The van der Waals surface area contributed by atoms with Crippen LogP contribution in [0.5, 0.6) is 0 Å². The molecule has 48 heavy (non-hydrogen) atoms. The van der Waals surface area contributed by atoms with Crippen molar-refractivity contribution in [2.75, 3.05) is 0 Å². The molecule has 0 nitrogen and oxygen atoms in total. The Morgan fingerprint density at radius 1 is 0.500 bits per heavy atom. The van der Waals surface area contributed by atoms with Crippen molar-refractivity contribution in [3.05, 3.63) is 134 Å². The van der Waals surface area contributed by atoms with E-state index in [1.807, 2.05) is 0 Å². The molecule has 248 valence electrons. The van der Waals surface area contributed by atoms with Gasteiger partial charge in [-0.15, -0.1) is 68.3 Å². The second-order valence-corrected chi connectivity index (χ2v) is 18.0. The molecule has 6 rings (SSSR count). The minimum absolute atomic E-state index is 0. The minimum Gasteiger partial charge on any atom is -0.358 e. The van der Waals surface area contributed by atoms with Crippen molar-refractivity contribution >= 4 is 40.0 Å². The molecule has 0 atom stereocenters. The number of benzene rings is 4. The zero-order valence-electron chi connectivity index (χ0n) is 30.9. The van der Waals surface area contributed by atoms with E-state index >= 15 is 0 Å². The molecule has 6 aromatic rings. The smallest absolute Gasteiger partial charge is 0.358 e. The number of unbranched alkanes of at least 4 members (excludes halogenated alkanes) is 4. The summed E-state index contributed by atoms with van der Waals surface area (Å²) < 4.78 is 0. The molecule has 0 aromatic heterocycles. The van der Waals surface area contributed by atoms with Gasteiger partial charge in [-0.1, -0.05) is 124 Å². The Kier molecular flexibility index (Phi) is 14.2. The van der Waals surface area contributed by atoms with Gasteiger partial charge in [0.05, 0.1) is 8.07 Å². The molecule has 0 radical (unpaired) electrons. The van der Waals surface area contributed by atoms with Crippen LogP contribution in [0.1, 0.15) is 74.6 Å². The van der Waals surface area contributed by atoms with Gasteiger partial charge in [0, 0.05) is 0 Å². The first-order chi connectivity index (χ1) is 21.9. The first-order valence-electron chi connectivity index (χ1n) is 17.4. The van der Waals surface area contributed by atoms with Crippen molar-refractivity contribution in [1.82, 2.24) is 0 Å². The van der Waals surface area contributed by atoms with Gasteiger partial charge in [-0.2, -0.15) is 12.1 Å². The minimum atomic E-state index is -2.09. The molecule has 0 saturated heterocycles. The standard InChI is InChI=1S/C44H50Si.2CH3.Hf/c1-7-9-11-25-45(26-12-10-8-2,37-27-35-21-15-23-39(41(35)29-37)43-31(3)17-13-18-32(43)4)38-28-36-22-16-24-40(42(36)30-38)44-33(5)19-14-20-34(44)6;;;/h13-24,27-30H,7-12,25-26H2,1-6H3;2*1H3;/q-2;2*-1;+4. The van der Waals surface area contributed by atoms with Crippen LogP contribution < -0.4 is 10.4 Å². The van der Waals surface area contributed by atoms with Crippen molar-refractivity contribution in [3.8, 4) is 22.3 Å². The van der Waals surface area contributed by atoms with Crippen molar-refractivity contribution in [3.63, 3.8) is 0 Å². The third-order valence-electron chi connectivity index (χ3n) is 10.5.